The van der Waals surface area contributed by atoms with E-state index in [2.05, 4.69) is 6.58 Å². The number of aromatic hydroxyl groups is 1. The van der Waals surface area contributed by atoms with Gasteiger partial charge in [-0.2, -0.15) is 0 Å². The third-order valence-electron chi connectivity index (χ3n) is 3.11. The minimum atomic E-state index is -1.04. The number of carbonyl (C=O) groups is 3. The first kappa shape index (κ1) is 18.2. The Morgan fingerprint density at radius 1 is 1.22 bits per heavy atom. The van der Waals surface area contributed by atoms with Crippen LogP contribution in [0.2, 0.25) is 0 Å². The van der Waals surface area contributed by atoms with Crippen LogP contribution in [0, 0.1) is 5.92 Å². The third-order valence-corrected chi connectivity index (χ3v) is 3.11. The molecule has 0 spiro atoms. The van der Waals surface area contributed by atoms with Gasteiger partial charge in [-0.15, -0.1) is 0 Å². The lowest BCUT2D eigenvalue weighted by molar-refractivity contribution is -0.138. The molecule has 0 aromatic heterocycles. The van der Waals surface area contributed by atoms with Crippen LogP contribution in [-0.2, 0) is 20.8 Å². The van der Waals surface area contributed by atoms with Gasteiger partial charge in [0.05, 0.1) is 12.8 Å². The molecule has 23 heavy (non-hydrogen) atoms. The SMILES string of the molecule is C=CC(=O)/C(=C\C(C)CC(=O)O)c1cc(CC(=O)O)ccc1O. The van der Waals surface area contributed by atoms with Gasteiger partial charge in [-0.3, -0.25) is 14.4 Å². The van der Waals surface area contributed by atoms with Gasteiger partial charge in [-0.25, -0.2) is 0 Å². The molecule has 0 aliphatic carbocycles. The standard InChI is InChI=1S/C17H18O6/c1-3-14(18)12(6-10(2)7-16(20)21)13-8-11(9-17(22)23)4-5-15(13)19/h3-6,8,10,19H,1,7,9H2,2H3,(H,20,21)(H,22,23)/b12-6-. The van der Waals surface area contributed by atoms with Crippen molar-refractivity contribution in [1.29, 1.82) is 0 Å². The van der Waals surface area contributed by atoms with E-state index in [-0.39, 0.29) is 29.7 Å². The van der Waals surface area contributed by atoms with E-state index in [9.17, 15) is 19.5 Å². The molecule has 1 rings (SSSR count). The molecule has 1 aromatic carbocycles. The van der Waals surface area contributed by atoms with Crippen molar-refractivity contribution in [2.75, 3.05) is 0 Å². The van der Waals surface area contributed by atoms with E-state index in [4.69, 9.17) is 10.2 Å². The molecule has 0 aliphatic rings. The van der Waals surface area contributed by atoms with E-state index in [1.807, 2.05) is 0 Å². The first-order chi connectivity index (χ1) is 10.7. The van der Waals surface area contributed by atoms with Gasteiger partial charge in [-0.05, 0) is 29.7 Å². The Morgan fingerprint density at radius 3 is 2.39 bits per heavy atom. The molecule has 6 heteroatoms. The highest BCUT2D eigenvalue weighted by Crippen LogP contribution is 2.29. The van der Waals surface area contributed by atoms with Crippen LogP contribution in [0.3, 0.4) is 0 Å². The number of aliphatic carboxylic acids is 2. The molecule has 0 radical (unpaired) electrons. The normalized spacial score (nSPS) is 12.5. The average molecular weight is 318 g/mol. The molecule has 0 saturated carbocycles. The van der Waals surface area contributed by atoms with Gasteiger partial charge >= 0.3 is 11.9 Å². The Bertz CT molecular complexity index is 672. The number of carboxylic acids is 2. The van der Waals surface area contributed by atoms with Crippen molar-refractivity contribution in [3.63, 3.8) is 0 Å². The van der Waals surface area contributed by atoms with E-state index in [1.54, 1.807) is 6.92 Å². The summed E-state index contributed by atoms with van der Waals surface area (Å²) in [4.78, 5) is 33.6. The molecule has 0 bridgehead atoms. The number of rotatable bonds is 8. The Labute approximate surface area is 133 Å². The molecular weight excluding hydrogens is 300 g/mol. The summed E-state index contributed by atoms with van der Waals surface area (Å²) in [6.45, 7) is 5.02. The number of hydrogen-bond acceptors (Lipinski definition) is 4. The zero-order chi connectivity index (χ0) is 17.6. The summed E-state index contributed by atoms with van der Waals surface area (Å²) in [5.74, 6) is -3.17. The maximum Gasteiger partial charge on any atom is 0.307 e. The van der Waals surface area contributed by atoms with Gasteiger partial charge in [0.25, 0.3) is 0 Å². The molecule has 0 amide bonds. The highest BCUT2D eigenvalue weighted by atomic mass is 16.4. The minimum Gasteiger partial charge on any atom is -0.507 e. The monoisotopic (exact) mass is 318 g/mol. The number of phenolic OH excluding ortho intramolecular Hbond substituents is 1. The topological polar surface area (TPSA) is 112 Å². The predicted octanol–water partition coefficient (Wildman–Crippen LogP) is 2.27. The number of ketones is 1. The average Bonchev–Trinajstić information content (AvgIpc) is 2.45. The summed E-state index contributed by atoms with van der Waals surface area (Å²) < 4.78 is 0. The number of carboxylic acid groups (broad SMARTS) is 2. The summed E-state index contributed by atoms with van der Waals surface area (Å²) in [5.41, 5.74) is 0.670. The Morgan fingerprint density at radius 2 is 1.87 bits per heavy atom. The number of hydrogen-bond donors (Lipinski definition) is 3. The second-order valence-electron chi connectivity index (χ2n) is 5.15. The van der Waals surface area contributed by atoms with Crippen LogP contribution in [0.5, 0.6) is 5.75 Å². The summed E-state index contributed by atoms with van der Waals surface area (Å²) in [6.07, 6.45) is 2.07. The van der Waals surface area contributed by atoms with Gasteiger partial charge in [-0.1, -0.05) is 25.6 Å². The number of allylic oxidation sites excluding steroid dienone is 3. The van der Waals surface area contributed by atoms with E-state index in [0.29, 0.717) is 5.56 Å². The lowest BCUT2D eigenvalue weighted by Crippen LogP contribution is -2.06. The number of benzene rings is 1. The molecule has 122 valence electrons. The molecule has 0 aliphatic heterocycles. The summed E-state index contributed by atoms with van der Waals surface area (Å²) >= 11 is 0. The predicted molar refractivity (Wildman–Crippen MR) is 84.0 cm³/mol. The number of phenols is 1. The zero-order valence-electron chi connectivity index (χ0n) is 12.7. The van der Waals surface area contributed by atoms with Crippen molar-refractivity contribution in [2.24, 2.45) is 5.92 Å². The molecule has 1 atom stereocenters. The van der Waals surface area contributed by atoms with E-state index < -0.39 is 23.6 Å². The summed E-state index contributed by atoms with van der Waals surface area (Å²) in [7, 11) is 0. The van der Waals surface area contributed by atoms with Gasteiger partial charge in [0, 0.05) is 11.1 Å². The van der Waals surface area contributed by atoms with Gasteiger partial charge in [0.1, 0.15) is 5.75 Å². The van der Waals surface area contributed by atoms with Gasteiger partial charge in [0.15, 0.2) is 5.78 Å². The lowest BCUT2D eigenvalue weighted by atomic mass is 9.93. The quantitative estimate of drug-likeness (QED) is 0.634. The van der Waals surface area contributed by atoms with Crippen LogP contribution in [0.1, 0.15) is 24.5 Å². The van der Waals surface area contributed by atoms with E-state index in [1.165, 1.54) is 24.3 Å². The minimum absolute atomic E-state index is 0.0958. The van der Waals surface area contributed by atoms with Crippen LogP contribution in [0.15, 0.2) is 36.9 Å². The molecule has 1 aromatic rings. The van der Waals surface area contributed by atoms with Gasteiger partial charge < -0.3 is 15.3 Å². The first-order valence-corrected chi connectivity index (χ1v) is 6.89. The van der Waals surface area contributed by atoms with Crippen molar-refractivity contribution >= 4 is 23.3 Å². The van der Waals surface area contributed by atoms with Crippen LogP contribution in [0.25, 0.3) is 5.57 Å². The summed E-state index contributed by atoms with van der Waals surface area (Å²) in [6, 6.07) is 4.16. The third kappa shape index (κ3) is 5.43. The Hall–Kier alpha value is -2.89. The van der Waals surface area contributed by atoms with E-state index >= 15 is 0 Å². The second-order valence-corrected chi connectivity index (χ2v) is 5.15. The maximum atomic E-state index is 12.1. The maximum absolute atomic E-state index is 12.1. The molecule has 0 saturated heterocycles. The largest absolute Gasteiger partial charge is 0.507 e. The highest BCUT2D eigenvalue weighted by Gasteiger charge is 2.17. The van der Waals surface area contributed by atoms with Crippen molar-refractivity contribution in [2.45, 2.75) is 19.8 Å². The lowest BCUT2D eigenvalue weighted by Gasteiger charge is -2.11. The molecule has 0 heterocycles. The van der Waals surface area contributed by atoms with Crippen LogP contribution in [0.4, 0.5) is 0 Å². The zero-order valence-corrected chi connectivity index (χ0v) is 12.7. The smallest absolute Gasteiger partial charge is 0.307 e. The Balaban J connectivity index is 3.34. The first-order valence-electron chi connectivity index (χ1n) is 6.89. The van der Waals surface area contributed by atoms with Crippen molar-refractivity contribution in [1.82, 2.24) is 0 Å². The molecule has 6 nitrogen and oxygen atoms in total. The second kappa shape index (κ2) is 7.93. The fourth-order valence-corrected chi connectivity index (χ4v) is 2.12. The highest BCUT2D eigenvalue weighted by molar-refractivity contribution is 6.26. The van der Waals surface area contributed by atoms with Crippen LogP contribution >= 0.6 is 0 Å². The van der Waals surface area contributed by atoms with Crippen molar-refractivity contribution in [3.8, 4) is 5.75 Å². The van der Waals surface area contributed by atoms with Crippen LogP contribution < -0.4 is 0 Å². The molecule has 3 N–H and O–H groups in total. The molecule has 0 fully saturated rings. The fraction of sp³-hybridized carbons (Fsp3) is 0.235. The summed E-state index contributed by atoms with van der Waals surface area (Å²) in [5, 5.41) is 27.6. The van der Waals surface area contributed by atoms with Crippen molar-refractivity contribution < 1.29 is 29.7 Å². The van der Waals surface area contributed by atoms with Gasteiger partial charge in [0.2, 0.25) is 0 Å². The Kier molecular flexibility index (Phi) is 6.26. The number of carbonyl (C=O) groups excluding carboxylic acids is 1. The van der Waals surface area contributed by atoms with Crippen molar-refractivity contribution in [3.05, 3.63) is 48.1 Å². The molecule has 1 unspecified atom stereocenters. The van der Waals surface area contributed by atoms with Crippen LogP contribution in [-0.4, -0.2) is 33.0 Å². The van der Waals surface area contributed by atoms with E-state index in [0.717, 1.165) is 6.08 Å². The fourth-order valence-electron chi connectivity index (χ4n) is 2.12. The molecular formula is C17H18O6.